The molecule has 1 aliphatic rings. The van der Waals surface area contributed by atoms with Crippen molar-refractivity contribution in [3.05, 3.63) is 36.0 Å². The van der Waals surface area contributed by atoms with Crippen molar-refractivity contribution in [2.75, 3.05) is 0 Å². The van der Waals surface area contributed by atoms with Crippen LogP contribution >= 0.6 is 0 Å². The highest BCUT2D eigenvalue weighted by Crippen LogP contribution is 2.31. The van der Waals surface area contributed by atoms with Crippen molar-refractivity contribution < 1.29 is 4.42 Å². The Kier molecular flexibility index (Phi) is 1.71. The predicted molar refractivity (Wildman–Crippen MR) is 58.4 cm³/mol. The summed E-state index contributed by atoms with van der Waals surface area (Å²) in [5.74, 6) is 1.34. The number of oxazole rings is 1. The van der Waals surface area contributed by atoms with Crippen molar-refractivity contribution in [3.8, 4) is 11.5 Å². The number of aliphatic imine (C=N–C) groups is 1. The van der Waals surface area contributed by atoms with E-state index < -0.39 is 0 Å². The maximum Gasteiger partial charge on any atom is 0.243 e. The van der Waals surface area contributed by atoms with Crippen LogP contribution < -0.4 is 0 Å². The van der Waals surface area contributed by atoms with Gasteiger partial charge in [-0.1, -0.05) is 18.2 Å². The van der Waals surface area contributed by atoms with E-state index in [1.165, 1.54) is 0 Å². The van der Waals surface area contributed by atoms with Gasteiger partial charge in [-0.25, -0.2) is 9.98 Å². The van der Waals surface area contributed by atoms with Gasteiger partial charge in [-0.15, -0.1) is 0 Å². The molecule has 0 spiro atoms. The molecule has 0 bridgehead atoms. The van der Waals surface area contributed by atoms with Gasteiger partial charge >= 0.3 is 0 Å². The molecule has 0 amide bonds. The van der Waals surface area contributed by atoms with Crippen LogP contribution in [-0.2, 0) is 6.42 Å². The monoisotopic (exact) mass is 198 g/mol. The summed E-state index contributed by atoms with van der Waals surface area (Å²) in [6.45, 7) is 1.99. The molecule has 3 heteroatoms. The Morgan fingerprint density at radius 3 is 2.73 bits per heavy atom. The molecular formula is C12H10N2O. The molecule has 0 saturated carbocycles. The second kappa shape index (κ2) is 3.05. The lowest BCUT2D eigenvalue weighted by molar-refractivity contribution is 0.585. The van der Waals surface area contributed by atoms with Crippen molar-refractivity contribution in [1.29, 1.82) is 0 Å². The van der Waals surface area contributed by atoms with E-state index in [9.17, 15) is 0 Å². The van der Waals surface area contributed by atoms with E-state index in [-0.39, 0.29) is 0 Å². The third-order valence-electron chi connectivity index (χ3n) is 2.41. The number of nitrogens with zero attached hydrogens (tertiary/aromatic N) is 2. The fraction of sp³-hybridized carbons (Fsp3) is 0.167. The topological polar surface area (TPSA) is 38.4 Å². The Bertz CT molecular complexity index is 526. The number of hydrogen-bond donors (Lipinski definition) is 0. The van der Waals surface area contributed by atoms with Crippen molar-refractivity contribution >= 4 is 11.6 Å². The van der Waals surface area contributed by atoms with Gasteiger partial charge in [0.2, 0.25) is 11.8 Å². The number of aromatic nitrogens is 1. The highest BCUT2D eigenvalue weighted by molar-refractivity contribution is 5.90. The highest BCUT2D eigenvalue weighted by Gasteiger charge is 2.19. The first-order valence-electron chi connectivity index (χ1n) is 4.92. The van der Waals surface area contributed by atoms with E-state index >= 15 is 0 Å². The molecule has 0 aliphatic carbocycles. The molecule has 3 rings (SSSR count). The van der Waals surface area contributed by atoms with E-state index in [1.54, 1.807) is 0 Å². The zero-order valence-electron chi connectivity index (χ0n) is 8.40. The van der Waals surface area contributed by atoms with Crippen LogP contribution in [0.3, 0.4) is 0 Å². The van der Waals surface area contributed by atoms with Gasteiger partial charge in [-0.2, -0.15) is 0 Å². The number of hydrogen-bond acceptors (Lipinski definition) is 3. The summed E-state index contributed by atoms with van der Waals surface area (Å²) in [6.07, 6.45) is 0.811. The summed E-state index contributed by atoms with van der Waals surface area (Å²) < 4.78 is 5.58. The van der Waals surface area contributed by atoms with E-state index in [0.29, 0.717) is 11.8 Å². The van der Waals surface area contributed by atoms with Gasteiger partial charge in [0, 0.05) is 17.7 Å². The van der Waals surface area contributed by atoms with Crippen LogP contribution in [0.25, 0.3) is 11.5 Å². The third-order valence-corrected chi connectivity index (χ3v) is 2.41. The molecule has 0 fully saturated rings. The van der Waals surface area contributed by atoms with Gasteiger partial charge in [-0.3, -0.25) is 0 Å². The van der Waals surface area contributed by atoms with Gasteiger partial charge in [0.05, 0.1) is 0 Å². The maximum atomic E-state index is 5.58. The van der Waals surface area contributed by atoms with Crippen molar-refractivity contribution in [2.24, 2.45) is 4.99 Å². The average molecular weight is 198 g/mol. The van der Waals surface area contributed by atoms with Gasteiger partial charge < -0.3 is 4.42 Å². The molecule has 0 N–H and O–H groups in total. The van der Waals surface area contributed by atoms with Crippen LogP contribution in [0, 0.1) is 0 Å². The minimum Gasteiger partial charge on any atom is -0.418 e. The lowest BCUT2D eigenvalue weighted by atomic mass is 10.2. The zero-order valence-corrected chi connectivity index (χ0v) is 8.40. The summed E-state index contributed by atoms with van der Waals surface area (Å²) >= 11 is 0. The molecule has 0 atom stereocenters. The Morgan fingerprint density at radius 2 is 2.00 bits per heavy atom. The van der Waals surface area contributed by atoms with Gasteiger partial charge in [0.15, 0.2) is 0 Å². The average Bonchev–Trinajstić information content (AvgIpc) is 2.76. The Morgan fingerprint density at radius 1 is 1.20 bits per heavy atom. The molecule has 15 heavy (non-hydrogen) atoms. The van der Waals surface area contributed by atoms with Crippen LogP contribution in [-0.4, -0.2) is 10.7 Å². The van der Waals surface area contributed by atoms with Crippen molar-refractivity contribution in [2.45, 2.75) is 13.3 Å². The van der Waals surface area contributed by atoms with E-state index in [4.69, 9.17) is 4.42 Å². The van der Waals surface area contributed by atoms with Gasteiger partial charge in [-0.05, 0) is 19.1 Å². The first-order chi connectivity index (χ1) is 7.33. The molecule has 0 radical (unpaired) electrons. The summed E-state index contributed by atoms with van der Waals surface area (Å²) in [7, 11) is 0. The number of fused-ring (bicyclic) bond motifs is 1. The molecule has 0 unspecified atom stereocenters. The van der Waals surface area contributed by atoms with Crippen LogP contribution in [0.4, 0.5) is 5.88 Å². The maximum absolute atomic E-state index is 5.58. The molecule has 2 aromatic rings. The third kappa shape index (κ3) is 1.36. The Balaban J connectivity index is 2.06. The molecule has 2 heterocycles. The van der Waals surface area contributed by atoms with E-state index in [1.807, 2.05) is 37.3 Å². The minimum atomic E-state index is 0.664. The SMILES string of the molecule is CC1=Nc2oc(-c3ccccc3)nc2C1. The molecule has 1 aliphatic heterocycles. The normalized spacial score (nSPS) is 13.8. The largest absolute Gasteiger partial charge is 0.418 e. The highest BCUT2D eigenvalue weighted by atomic mass is 16.4. The first-order valence-corrected chi connectivity index (χ1v) is 4.92. The minimum absolute atomic E-state index is 0.664. The lowest BCUT2D eigenvalue weighted by Crippen LogP contribution is -1.90. The van der Waals surface area contributed by atoms with Crippen LogP contribution in [0.1, 0.15) is 12.6 Å². The summed E-state index contributed by atoms with van der Waals surface area (Å²) in [5.41, 5.74) is 3.02. The zero-order chi connectivity index (χ0) is 10.3. The first kappa shape index (κ1) is 8.41. The molecule has 74 valence electrons. The molecule has 0 saturated heterocycles. The van der Waals surface area contributed by atoms with Crippen molar-refractivity contribution in [3.63, 3.8) is 0 Å². The fourth-order valence-corrected chi connectivity index (χ4v) is 1.71. The summed E-state index contributed by atoms with van der Waals surface area (Å²) in [6, 6.07) is 9.88. The number of rotatable bonds is 1. The molecule has 3 nitrogen and oxygen atoms in total. The van der Waals surface area contributed by atoms with Gasteiger partial charge in [0.1, 0.15) is 5.69 Å². The second-order valence-electron chi connectivity index (χ2n) is 3.66. The Hall–Kier alpha value is -1.90. The molecular weight excluding hydrogens is 188 g/mol. The van der Waals surface area contributed by atoms with Crippen LogP contribution in [0.2, 0.25) is 0 Å². The number of benzene rings is 1. The van der Waals surface area contributed by atoms with Crippen LogP contribution in [0.5, 0.6) is 0 Å². The van der Waals surface area contributed by atoms with E-state index in [0.717, 1.165) is 23.4 Å². The summed E-state index contributed by atoms with van der Waals surface area (Å²) in [4.78, 5) is 8.72. The summed E-state index contributed by atoms with van der Waals surface area (Å²) in [5, 5.41) is 0. The van der Waals surface area contributed by atoms with Crippen molar-refractivity contribution in [1.82, 2.24) is 4.98 Å². The second-order valence-corrected chi connectivity index (χ2v) is 3.66. The van der Waals surface area contributed by atoms with Crippen LogP contribution in [0.15, 0.2) is 39.7 Å². The van der Waals surface area contributed by atoms with Gasteiger partial charge in [0.25, 0.3) is 0 Å². The van der Waals surface area contributed by atoms with E-state index in [2.05, 4.69) is 9.98 Å². The predicted octanol–water partition coefficient (Wildman–Crippen LogP) is 2.99. The fourth-order valence-electron chi connectivity index (χ4n) is 1.71. The standard InChI is InChI=1S/C12H10N2O/c1-8-7-10-12(13-8)15-11(14-10)9-5-3-2-4-6-9/h2-6H,7H2,1H3. The Labute approximate surface area is 87.5 Å². The lowest BCUT2D eigenvalue weighted by Gasteiger charge is -1.93. The smallest absolute Gasteiger partial charge is 0.243 e. The molecule has 1 aromatic carbocycles. The molecule has 1 aromatic heterocycles. The quantitative estimate of drug-likeness (QED) is 0.706.